The van der Waals surface area contributed by atoms with E-state index in [1.165, 1.54) is 0 Å². The Bertz CT molecular complexity index is 439. The van der Waals surface area contributed by atoms with Gasteiger partial charge in [-0.2, -0.15) is 0 Å². The SMILES string of the molecule is CNCCNc1ccc(-c2ccccc2)nn1. The number of hydrogen-bond donors (Lipinski definition) is 2. The monoisotopic (exact) mass is 228 g/mol. The Morgan fingerprint density at radius 3 is 2.41 bits per heavy atom. The zero-order valence-electron chi connectivity index (χ0n) is 9.85. The molecule has 0 amide bonds. The van der Waals surface area contributed by atoms with Gasteiger partial charge in [-0.25, -0.2) is 0 Å². The molecule has 2 rings (SSSR count). The maximum atomic E-state index is 4.19. The van der Waals surface area contributed by atoms with E-state index in [0.29, 0.717) is 0 Å². The van der Waals surface area contributed by atoms with Crippen LogP contribution in [0.15, 0.2) is 42.5 Å². The predicted molar refractivity (Wildman–Crippen MR) is 69.9 cm³/mol. The van der Waals surface area contributed by atoms with Crippen LogP contribution in [0.25, 0.3) is 11.3 Å². The van der Waals surface area contributed by atoms with E-state index in [0.717, 1.165) is 30.2 Å². The second-order valence-electron chi connectivity index (χ2n) is 3.70. The molecule has 0 atom stereocenters. The molecular formula is C13H16N4. The normalized spacial score (nSPS) is 10.2. The molecule has 0 radical (unpaired) electrons. The van der Waals surface area contributed by atoms with E-state index in [4.69, 9.17) is 0 Å². The summed E-state index contributed by atoms with van der Waals surface area (Å²) in [4.78, 5) is 0. The van der Waals surface area contributed by atoms with Crippen molar-refractivity contribution in [1.29, 1.82) is 0 Å². The molecule has 2 N–H and O–H groups in total. The van der Waals surface area contributed by atoms with Crippen LogP contribution in [-0.4, -0.2) is 30.3 Å². The summed E-state index contributed by atoms with van der Waals surface area (Å²) in [5.74, 6) is 0.805. The van der Waals surface area contributed by atoms with Gasteiger partial charge in [-0.15, -0.1) is 10.2 Å². The van der Waals surface area contributed by atoms with E-state index in [-0.39, 0.29) is 0 Å². The Kier molecular flexibility index (Phi) is 4.05. The minimum absolute atomic E-state index is 0.805. The van der Waals surface area contributed by atoms with Gasteiger partial charge in [-0.05, 0) is 19.2 Å². The van der Waals surface area contributed by atoms with Crippen molar-refractivity contribution in [1.82, 2.24) is 15.5 Å². The van der Waals surface area contributed by atoms with Crippen LogP contribution in [0.1, 0.15) is 0 Å². The van der Waals surface area contributed by atoms with Crippen molar-refractivity contribution in [3.63, 3.8) is 0 Å². The standard InChI is InChI=1S/C13H16N4/c1-14-9-10-15-13-8-7-12(16-17-13)11-5-3-2-4-6-11/h2-8,14H,9-10H2,1H3,(H,15,17). The van der Waals surface area contributed by atoms with Gasteiger partial charge in [0.2, 0.25) is 0 Å². The maximum Gasteiger partial charge on any atom is 0.148 e. The van der Waals surface area contributed by atoms with Crippen LogP contribution in [0.4, 0.5) is 5.82 Å². The van der Waals surface area contributed by atoms with E-state index in [1.807, 2.05) is 49.5 Å². The van der Waals surface area contributed by atoms with Crippen LogP contribution in [0.5, 0.6) is 0 Å². The van der Waals surface area contributed by atoms with Crippen LogP contribution in [0, 0.1) is 0 Å². The van der Waals surface area contributed by atoms with Crippen LogP contribution in [0.2, 0.25) is 0 Å². The van der Waals surface area contributed by atoms with Crippen molar-refractivity contribution in [2.24, 2.45) is 0 Å². The summed E-state index contributed by atoms with van der Waals surface area (Å²) >= 11 is 0. The van der Waals surface area contributed by atoms with Gasteiger partial charge in [-0.3, -0.25) is 0 Å². The fourth-order valence-corrected chi connectivity index (χ4v) is 1.50. The fourth-order valence-electron chi connectivity index (χ4n) is 1.50. The van der Waals surface area contributed by atoms with Crippen molar-refractivity contribution in [3.8, 4) is 11.3 Å². The first kappa shape index (κ1) is 11.5. The molecule has 4 nitrogen and oxygen atoms in total. The van der Waals surface area contributed by atoms with Crippen LogP contribution in [-0.2, 0) is 0 Å². The summed E-state index contributed by atoms with van der Waals surface area (Å²) in [6, 6.07) is 14.0. The van der Waals surface area contributed by atoms with Crippen molar-refractivity contribution in [2.75, 3.05) is 25.5 Å². The number of nitrogens with one attached hydrogen (secondary N) is 2. The quantitative estimate of drug-likeness (QED) is 0.766. The largest absolute Gasteiger partial charge is 0.367 e. The van der Waals surface area contributed by atoms with Gasteiger partial charge < -0.3 is 10.6 Å². The summed E-state index contributed by atoms with van der Waals surface area (Å²) in [7, 11) is 1.92. The Morgan fingerprint density at radius 1 is 0.941 bits per heavy atom. The van der Waals surface area contributed by atoms with Crippen molar-refractivity contribution in [3.05, 3.63) is 42.5 Å². The van der Waals surface area contributed by atoms with Crippen LogP contribution < -0.4 is 10.6 Å². The number of nitrogens with zero attached hydrogens (tertiary/aromatic N) is 2. The number of likely N-dealkylation sites (N-methyl/N-ethyl adjacent to an activating group) is 1. The highest BCUT2D eigenvalue weighted by Crippen LogP contribution is 2.15. The lowest BCUT2D eigenvalue weighted by molar-refractivity contribution is 0.818. The van der Waals surface area contributed by atoms with Gasteiger partial charge in [-0.1, -0.05) is 30.3 Å². The Morgan fingerprint density at radius 2 is 1.76 bits per heavy atom. The molecule has 0 unspecified atom stereocenters. The lowest BCUT2D eigenvalue weighted by Crippen LogP contribution is -2.18. The summed E-state index contributed by atoms with van der Waals surface area (Å²) < 4.78 is 0. The molecule has 0 bridgehead atoms. The lowest BCUT2D eigenvalue weighted by atomic mass is 10.1. The van der Waals surface area contributed by atoms with Gasteiger partial charge in [0, 0.05) is 18.7 Å². The first-order chi connectivity index (χ1) is 8.40. The summed E-state index contributed by atoms with van der Waals surface area (Å²) in [5, 5.41) is 14.6. The minimum Gasteiger partial charge on any atom is -0.367 e. The Balaban J connectivity index is 2.03. The van der Waals surface area contributed by atoms with E-state index in [2.05, 4.69) is 20.8 Å². The number of benzene rings is 1. The third-order valence-electron chi connectivity index (χ3n) is 2.42. The molecule has 0 aliphatic heterocycles. The Hall–Kier alpha value is -1.94. The molecule has 4 heteroatoms. The molecule has 0 aliphatic rings. The maximum absolute atomic E-state index is 4.19. The molecule has 0 saturated carbocycles. The topological polar surface area (TPSA) is 49.8 Å². The van der Waals surface area contributed by atoms with Gasteiger partial charge in [0.25, 0.3) is 0 Å². The number of rotatable bonds is 5. The molecule has 0 fully saturated rings. The summed E-state index contributed by atoms with van der Waals surface area (Å²) in [6.45, 7) is 1.75. The molecule has 0 spiro atoms. The molecular weight excluding hydrogens is 212 g/mol. The fraction of sp³-hybridized carbons (Fsp3) is 0.231. The van der Waals surface area contributed by atoms with Crippen molar-refractivity contribution in [2.45, 2.75) is 0 Å². The summed E-state index contributed by atoms with van der Waals surface area (Å²) in [5.41, 5.74) is 1.98. The molecule has 17 heavy (non-hydrogen) atoms. The number of aromatic nitrogens is 2. The third kappa shape index (κ3) is 3.26. The highest BCUT2D eigenvalue weighted by molar-refractivity contribution is 5.59. The molecule has 1 aromatic carbocycles. The van der Waals surface area contributed by atoms with Gasteiger partial charge in [0.15, 0.2) is 0 Å². The predicted octanol–water partition coefficient (Wildman–Crippen LogP) is 1.77. The Labute approximate surface area is 101 Å². The number of anilines is 1. The zero-order valence-corrected chi connectivity index (χ0v) is 9.85. The molecule has 0 saturated heterocycles. The number of hydrogen-bond acceptors (Lipinski definition) is 4. The second-order valence-corrected chi connectivity index (χ2v) is 3.70. The van der Waals surface area contributed by atoms with Gasteiger partial charge >= 0.3 is 0 Å². The first-order valence-corrected chi connectivity index (χ1v) is 5.68. The first-order valence-electron chi connectivity index (χ1n) is 5.68. The van der Waals surface area contributed by atoms with E-state index in [1.54, 1.807) is 0 Å². The molecule has 1 aromatic heterocycles. The van der Waals surface area contributed by atoms with E-state index in [9.17, 15) is 0 Å². The average Bonchev–Trinajstić information content (AvgIpc) is 2.41. The molecule has 0 aliphatic carbocycles. The van der Waals surface area contributed by atoms with Crippen LogP contribution in [0.3, 0.4) is 0 Å². The average molecular weight is 228 g/mol. The van der Waals surface area contributed by atoms with Crippen molar-refractivity contribution < 1.29 is 0 Å². The van der Waals surface area contributed by atoms with Gasteiger partial charge in [0.05, 0.1) is 5.69 Å². The third-order valence-corrected chi connectivity index (χ3v) is 2.42. The summed E-state index contributed by atoms with van der Waals surface area (Å²) in [6.07, 6.45) is 0. The molecule has 2 aromatic rings. The smallest absolute Gasteiger partial charge is 0.148 e. The highest BCUT2D eigenvalue weighted by atomic mass is 15.2. The van der Waals surface area contributed by atoms with Gasteiger partial charge in [0.1, 0.15) is 5.82 Å². The van der Waals surface area contributed by atoms with Crippen molar-refractivity contribution >= 4 is 5.82 Å². The minimum atomic E-state index is 0.805. The molecule has 1 heterocycles. The second kappa shape index (κ2) is 5.96. The highest BCUT2D eigenvalue weighted by Gasteiger charge is 1.99. The van der Waals surface area contributed by atoms with E-state index < -0.39 is 0 Å². The zero-order chi connectivity index (χ0) is 11.9. The lowest BCUT2D eigenvalue weighted by Gasteiger charge is -2.05. The van der Waals surface area contributed by atoms with E-state index >= 15 is 0 Å². The van der Waals surface area contributed by atoms with Crippen LogP contribution >= 0.6 is 0 Å². The molecule has 88 valence electrons.